The number of likely N-dealkylation sites (tertiary alicyclic amines) is 1. The largest absolute Gasteiger partial charge is 0.380 e. The molecule has 0 bridgehead atoms. The van der Waals surface area contributed by atoms with Crippen LogP contribution in [-0.4, -0.2) is 50.2 Å². The van der Waals surface area contributed by atoms with E-state index in [1.165, 1.54) is 43.5 Å². The minimum atomic E-state index is 0. The average molecular weight is 488 g/mol. The fraction of sp³-hybridized carbons (Fsp3) is 0.667. The number of piperidine rings is 1. The Morgan fingerprint density at radius 1 is 1.22 bits per heavy atom. The molecule has 0 spiro atoms. The predicted octanol–water partition coefficient (Wildman–Crippen LogP) is 3.77. The first kappa shape index (κ1) is 24.2. The molecule has 5 nitrogen and oxygen atoms in total. The number of aliphatic imine (C=N–C) groups is 1. The van der Waals surface area contributed by atoms with Crippen LogP contribution in [0.1, 0.15) is 50.7 Å². The van der Waals surface area contributed by atoms with Crippen LogP contribution in [-0.2, 0) is 17.9 Å². The zero-order chi connectivity index (χ0) is 18.6. The molecule has 6 heteroatoms. The van der Waals surface area contributed by atoms with Crippen molar-refractivity contribution in [2.24, 2.45) is 4.99 Å². The van der Waals surface area contributed by atoms with E-state index in [-0.39, 0.29) is 24.0 Å². The van der Waals surface area contributed by atoms with Gasteiger partial charge in [-0.2, -0.15) is 0 Å². The molecule has 1 fully saturated rings. The van der Waals surface area contributed by atoms with E-state index in [0.29, 0.717) is 13.2 Å². The van der Waals surface area contributed by atoms with E-state index in [1.807, 2.05) is 6.07 Å². The quantitative estimate of drug-likeness (QED) is 0.241. The van der Waals surface area contributed by atoms with Gasteiger partial charge in [0.15, 0.2) is 5.96 Å². The molecule has 27 heavy (non-hydrogen) atoms. The number of halogens is 1. The summed E-state index contributed by atoms with van der Waals surface area (Å²) in [6.45, 7) is 10.0. The smallest absolute Gasteiger partial charge is 0.191 e. The number of methoxy groups -OCH3 is 1. The Kier molecular flexibility index (Phi) is 12.7. The highest BCUT2D eigenvalue weighted by molar-refractivity contribution is 14.0. The highest BCUT2D eigenvalue weighted by Gasteiger charge is 2.17. The van der Waals surface area contributed by atoms with E-state index in [1.54, 1.807) is 7.11 Å². The van der Waals surface area contributed by atoms with Crippen LogP contribution in [0.5, 0.6) is 0 Å². The van der Waals surface area contributed by atoms with E-state index in [9.17, 15) is 0 Å². The van der Waals surface area contributed by atoms with E-state index >= 15 is 0 Å². The summed E-state index contributed by atoms with van der Waals surface area (Å²) < 4.78 is 5.28. The highest BCUT2D eigenvalue weighted by Crippen LogP contribution is 2.16. The minimum absolute atomic E-state index is 0. The third kappa shape index (κ3) is 8.79. The number of benzene rings is 1. The maximum absolute atomic E-state index is 5.28. The van der Waals surface area contributed by atoms with Gasteiger partial charge < -0.3 is 20.3 Å². The molecule has 1 aliphatic heterocycles. The number of ether oxygens (including phenoxy) is 1. The minimum Gasteiger partial charge on any atom is -0.380 e. The van der Waals surface area contributed by atoms with Crippen molar-refractivity contribution in [3.63, 3.8) is 0 Å². The summed E-state index contributed by atoms with van der Waals surface area (Å²) in [6, 6.07) is 9.08. The van der Waals surface area contributed by atoms with Crippen molar-refractivity contribution in [3.05, 3.63) is 35.4 Å². The van der Waals surface area contributed by atoms with Gasteiger partial charge in [0.1, 0.15) is 0 Å². The van der Waals surface area contributed by atoms with Crippen molar-refractivity contribution >= 4 is 29.9 Å². The van der Waals surface area contributed by atoms with Crippen LogP contribution in [0.3, 0.4) is 0 Å². The van der Waals surface area contributed by atoms with E-state index in [0.717, 1.165) is 31.5 Å². The third-order valence-electron chi connectivity index (χ3n) is 5.03. The summed E-state index contributed by atoms with van der Waals surface area (Å²) in [6.07, 6.45) is 5.23. The number of guanidine groups is 1. The molecule has 1 aliphatic rings. The normalized spacial score (nSPS) is 18.0. The summed E-state index contributed by atoms with van der Waals surface area (Å²) in [7, 11) is 1.73. The molecular formula is C21H37IN4O. The van der Waals surface area contributed by atoms with Gasteiger partial charge >= 0.3 is 0 Å². The monoisotopic (exact) mass is 488 g/mol. The van der Waals surface area contributed by atoms with Gasteiger partial charge in [-0.1, -0.05) is 30.7 Å². The molecular weight excluding hydrogens is 451 g/mol. The SMILES string of the molecule is CCNC(=NCc1ccccc1COC)NCCCN1CCCCC1C.I. The Hall–Kier alpha value is -0.860. The number of hydrogen-bond donors (Lipinski definition) is 2. The first-order chi connectivity index (χ1) is 12.7. The first-order valence-electron chi connectivity index (χ1n) is 10.1. The van der Waals surface area contributed by atoms with Gasteiger partial charge in [0, 0.05) is 32.8 Å². The lowest BCUT2D eigenvalue weighted by Crippen LogP contribution is -2.41. The molecule has 0 radical (unpaired) electrons. The molecule has 0 saturated carbocycles. The number of rotatable bonds is 9. The van der Waals surface area contributed by atoms with Crippen LogP contribution in [0.15, 0.2) is 29.3 Å². The lowest BCUT2D eigenvalue weighted by Gasteiger charge is -2.33. The zero-order valence-electron chi connectivity index (χ0n) is 17.2. The van der Waals surface area contributed by atoms with Crippen molar-refractivity contribution in [2.75, 3.05) is 33.3 Å². The summed E-state index contributed by atoms with van der Waals surface area (Å²) in [5.74, 6) is 0.895. The first-order valence-corrected chi connectivity index (χ1v) is 10.1. The fourth-order valence-corrected chi connectivity index (χ4v) is 3.49. The van der Waals surface area contributed by atoms with Crippen molar-refractivity contribution in [1.82, 2.24) is 15.5 Å². The number of hydrogen-bond acceptors (Lipinski definition) is 3. The van der Waals surface area contributed by atoms with Gasteiger partial charge in [-0.3, -0.25) is 0 Å². The average Bonchev–Trinajstić information content (AvgIpc) is 2.65. The Morgan fingerprint density at radius 3 is 2.70 bits per heavy atom. The van der Waals surface area contributed by atoms with Gasteiger partial charge in [0.2, 0.25) is 0 Å². The molecule has 1 heterocycles. The standard InChI is InChI=1S/C21H36N4O.HI/c1-4-22-21(23-13-9-15-25-14-8-7-10-18(25)2)24-16-19-11-5-6-12-20(19)17-26-3;/h5-6,11-12,18H,4,7-10,13-17H2,1-3H3,(H2,22,23,24);1H. The maximum atomic E-state index is 5.28. The van der Waals surface area contributed by atoms with Crippen LogP contribution in [0.25, 0.3) is 0 Å². The molecule has 1 saturated heterocycles. The van der Waals surface area contributed by atoms with Crippen LogP contribution in [0, 0.1) is 0 Å². The van der Waals surface area contributed by atoms with Crippen LogP contribution in [0.2, 0.25) is 0 Å². The second-order valence-corrected chi connectivity index (χ2v) is 7.06. The lowest BCUT2D eigenvalue weighted by atomic mass is 10.0. The molecule has 1 atom stereocenters. The zero-order valence-corrected chi connectivity index (χ0v) is 19.5. The third-order valence-corrected chi connectivity index (χ3v) is 5.03. The van der Waals surface area contributed by atoms with Gasteiger partial charge in [0.25, 0.3) is 0 Å². The lowest BCUT2D eigenvalue weighted by molar-refractivity contribution is 0.159. The van der Waals surface area contributed by atoms with E-state index < -0.39 is 0 Å². The summed E-state index contributed by atoms with van der Waals surface area (Å²) >= 11 is 0. The Morgan fingerprint density at radius 2 is 2.00 bits per heavy atom. The van der Waals surface area contributed by atoms with E-state index in [2.05, 4.69) is 47.6 Å². The summed E-state index contributed by atoms with van der Waals surface area (Å²) in [5.41, 5.74) is 2.42. The number of nitrogens with one attached hydrogen (secondary N) is 2. The molecule has 2 N–H and O–H groups in total. The summed E-state index contributed by atoms with van der Waals surface area (Å²) in [5, 5.41) is 6.82. The van der Waals surface area contributed by atoms with Crippen LogP contribution in [0.4, 0.5) is 0 Å². The van der Waals surface area contributed by atoms with Crippen molar-refractivity contribution in [1.29, 1.82) is 0 Å². The van der Waals surface area contributed by atoms with Gasteiger partial charge in [-0.15, -0.1) is 24.0 Å². The van der Waals surface area contributed by atoms with Gasteiger partial charge in [0.05, 0.1) is 13.2 Å². The maximum Gasteiger partial charge on any atom is 0.191 e. The second-order valence-electron chi connectivity index (χ2n) is 7.06. The number of nitrogens with zero attached hydrogens (tertiary/aromatic N) is 2. The van der Waals surface area contributed by atoms with Crippen LogP contribution >= 0.6 is 24.0 Å². The second kappa shape index (κ2) is 14.2. The molecule has 154 valence electrons. The molecule has 1 aromatic carbocycles. The van der Waals surface area contributed by atoms with Gasteiger partial charge in [-0.25, -0.2) is 4.99 Å². The van der Waals surface area contributed by atoms with E-state index in [4.69, 9.17) is 9.73 Å². The Balaban J connectivity index is 0.00000364. The van der Waals surface area contributed by atoms with Crippen LogP contribution < -0.4 is 10.6 Å². The molecule has 0 aliphatic carbocycles. The topological polar surface area (TPSA) is 48.9 Å². The van der Waals surface area contributed by atoms with Crippen molar-refractivity contribution in [2.45, 2.75) is 58.7 Å². The highest BCUT2D eigenvalue weighted by atomic mass is 127. The van der Waals surface area contributed by atoms with Crippen molar-refractivity contribution in [3.8, 4) is 0 Å². The molecule has 0 aromatic heterocycles. The fourth-order valence-electron chi connectivity index (χ4n) is 3.49. The summed E-state index contributed by atoms with van der Waals surface area (Å²) in [4.78, 5) is 7.37. The Bertz CT molecular complexity index is 553. The van der Waals surface area contributed by atoms with Crippen molar-refractivity contribution < 1.29 is 4.74 Å². The Labute approximate surface area is 182 Å². The predicted molar refractivity (Wildman–Crippen MR) is 125 cm³/mol. The van der Waals surface area contributed by atoms with Gasteiger partial charge in [-0.05, 0) is 50.8 Å². The molecule has 1 aromatic rings. The molecule has 2 rings (SSSR count). The molecule has 1 unspecified atom stereocenters. The molecule has 0 amide bonds.